The largest absolute Gasteiger partial charge is 0.324 e. The van der Waals surface area contributed by atoms with E-state index in [-0.39, 0.29) is 0 Å². The van der Waals surface area contributed by atoms with Crippen molar-refractivity contribution in [1.29, 1.82) is 0 Å². The number of aryl methyl sites for hydroxylation is 1. The van der Waals surface area contributed by atoms with E-state index in [1.165, 1.54) is 0 Å². The van der Waals surface area contributed by atoms with Gasteiger partial charge in [0.15, 0.2) is 0 Å². The number of hydrogen-bond donors (Lipinski definition) is 1. The number of carbonyl (C=O) groups excluding carboxylic acids is 3. The molecule has 3 aromatic carbocycles. The van der Waals surface area contributed by atoms with Crippen molar-refractivity contribution in [2.45, 2.75) is 29.6 Å². The van der Waals surface area contributed by atoms with Gasteiger partial charge in [-0.1, -0.05) is 66.2 Å². The standard InChI is InChI=1S/C28H22Cl2N2O3/c1-15-11-13-17(14-12-15)31-24(33)16(2)32-25(34)22-23(26(32)35)28(30)19-8-4-3-7-18(19)27(22,29)20-9-5-6-10-21(20)28/h3-14,16,22-23H,1-2H3,(H,31,33)/t16-,22-,23+,27?,28?/m0/s1. The van der Waals surface area contributed by atoms with E-state index in [1.54, 1.807) is 19.1 Å². The third kappa shape index (κ3) is 2.74. The van der Waals surface area contributed by atoms with Crippen LogP contribution in [0.25, 0.3) is 0 Å². The highest BCUT2D eigenvalue weighted by molar-refractivity contribution is 6.36. The van der Waals surface area contributed by atoms with Crippen molar-refractivity contribution in [3.8, 4) is 0 Å². The molecule has 3 aromatic rings. The molecule has 1 saturated heterocycles. The Morgan fingerprint density at radius 2 is 1.20 bits per heavy atom. The van der Waals surface area contributed by atoms with Gasteiger partial charge in [-0.05, 0) is 48.2 Å². The van der Waals surface area contributed by atoms with Crippen LogP contribution in [-0.2, 0) is 24.1 Å². The van der Waals surface area contributed by atoms with E-state index in [2.05, 4.69) is 5.32 Å². The van der Waals surface area contributed by atoms with Gasteiger partial charge in [0.25, 0.3) is 0 Å². The topological polar surface area (TPSA) is 66.5 Å². The predicted molar refractivity (Wildman–Crippen MR) is 134 cm³/mol. The molecule has 1 N–H and O–H groups in total. The summed E-state index contributed by atoms with van der Waals surface area (Å²) in [5.41, 5.74) is 4.58. The molecule has 3 amide bonds. The molecule has 7 rings (SSSR count). The summed E-state index contributed by atoms with van der Waals surface area (Å²) in [4.78, 5) is 39.5. The Morgan fingerprint density at radius 3 is 1.60 bits per heavy atom. The molecule has 3 atom stereocenters. The molecule has 3 aliphatic carbocycles. The summed E-state index contributed by atoms with van der Waals surface area (Å²) >= 11 is 14.8. The maximum absolute atomic E-state index is 13.9. The van der Waals surface area contributed by atoms with Gasteiger partial charge in [-0.3, -0.25) is 19.3 Å². The third-order valence-electron chi connectivity index (χ3n) is 7.71. The summed E-state index contributed by atoms with van der Waals surface area (Å²) in [7, 11) is 0. The minimum atomic E-state index is -1.26. The maximum atomic E-state index is 13.9. The Labute approximate surface area is 213 Å². The number of halogens is 2. The van der Waals surface area contributed by atoms with Crippen LogP contribution in [0.4, 0.5) is 5.69 Å². The number of alkyl halides is 2. The number of carbonyl (C=O) groups is 3. The molecule has 5 nitrogen and oxygen atoms in total. The quantitative estimate of drug-likeness (QED) is 0.406. The number of nitrogens with one attached hydrogen (secondary N) is 1. The number of hydrogen-bond acceptors (Lipinski definition) is 3. The second-order valence-corrected chi connectivity index (χ2v) is 10.7. The van der Waals surface area contributed by atoms with E-state index < -0.39 is 45.3 Å². The molecule has 7 heteroatoms. The minimum Gasteiger partial charge on any atom is -0.324 e. The van der Waals surface area contributed by atoms with Gasteiger partial charge >= 0.3 is 0 Å². The van der Waals surface area contributed by atoms with Crippen LogP contribution in [-0.4, -0.2) is 28.7 Å². The van der Waals surface area contributed by atoms with Gasteiger partial charge in [0.2, 0.25) is 17.7 Å². The highest BCUT2D eigenvalue weighted by Crippen LogP contribution is 2.69. The molecule has 2 bridgehead atoms. The number of imide groups is 1. The Bertz CT molecular complexity index is 1300. The van der Waals surface area contributed by atoms with E-state index in [9.17, 15) is 14.4 Å². The van der Waals surface area contributed by atoms with Crippen molar-refractivity contribution >= 4 is 46.6 Å². The zero-order valence-electron chi connectivity index (χ0n) is 19.1. The minimum absolute atomic E-state index is 0.455. The normalized spacial score (nSPS) is 28.9. The summed E-state index contributed by atoms with van der Waals surface area (Å²) in [6.07, 6.45) is 0. The number of anilines is 1. The van der Waals surface area contributed by atoms with Crippen molar-refractivity contribution < 1.29 is 14.4 Å². The molecular weight excluding hydrogens is 483 g/mol. The SMILES string of the molecule is Cc1ccc(NC(=O)[C@H](C)N2C(=O)[C@@H]3[C@H](C2=O)C2(Cl)c4ccccc4C3(Cl)c3ccccc32)cc1. The van der Waals surface area contributed by atoms with Crippen LogP contribution in [0.3, 0.4) is 0 Å². The van der Waals surface area contributed by atoms with Crippen molar-refractivity contribution in [2.24, 2.45) is 11.8 Å². The first-order chi connectivity index (χ1) is 16.7. The summed E-state index contributed by atoms with van der Waals surface area (Å²) in [6, 6.07) is 21.2. The average Bonchev–Trinajstić information content (AvgIpc) is 3.14. The van der Waals surface area contributed by atoms with E-state index in [0.29, 0.717) is 5.69 Å². The lowest BCUT2D eigenvalue weighted by Gasteiger charge is -2.54. The van der Waals surface area contributed by atoms with Crippen LogP contribution in [0.5, 0.6) is 0 Å². The van der Waals surface area contributed by atoms with Crippen LogP contribution in [0, 0.1) is 18.8 Å². The lowest BCUT2D eigenvalue weighted by Crippen LogP contribution is -2.57. The highest BCUT2D eigenvalue weighted by atomic mass is 35.5. The first-order valence-electron chi connectivity index (χ1n) is 11.5. The lowest BCUT2D eigenvalue weighted by atomic mass is 9.54. The van der Waals surface area contributed by atoms with Crippen LogP contribution in [0.2, 0.25) is 0 Å². The fraction of sp³-hybridized carbons (Fsp3) is 0.250. The molecule has 1 heterocycles. The number of likely N-dealkylation sites (tertiary alicyclic amines) is 1. The average molecular weight is 505 g/mol. The first-order valence-corrected chi connectivity index (χ1v) is 12.3. The Kier molecular flexibility index (Phi) is 4.73. The van der Waals surface area contributed by atoms with Crippen molar-refractivity contribution in [3.63, 3.8) is 0 Å². The smallest absolute Gasteiger partial charge is 0.247 e. The van der Waals surface area contributed by atoms with E-state index in [4.69, 9.17) is 23.2 Å². The summed E-state index contributed by atoms with van der Waals surface area (Å²) in [5.74, 6) is -3.25. The number of rotatable bonds is 3. The highest BCUT2D eigenvalue weighted by Gasteiger charge is 2.73. The van der Waals surface area contributed by atoms with Gasteiger partial charge in [-0.15, -0.1) is 23.2 Å². The molecular formula is C28H22Cl2N2O3. The Balaban J connectivity index is 1.45. The van der Waals surface area contributed by atoms with E-state index in [1.807, 2.05) is 67.6 Å². The molecule has 4 aliphatic rings. The van der Waals surface area contributed by atoms with Gasteiger partial charge in [-0.2, -0.15) is 0 Å². The molecule has 1 fully saturated rings. The van der Waals surface area contributed by atoms with Gasteiger partial charge in [0.1, 0.15) is 15.8 Å². The van der Waals surface area contributed by atoms with Crippen LogP contribution in [0.15, 0.2) is 72.8 Å². The molecule has 176 valence electrons. The number of amides is 3. The molecule has 35 heavy (non-hydrogen) atoms. The Hall–Kier alpha value is -3.15. The van der Waals surface area contributed by atoms with Crippen LogP contribution >= 0.6 is 23.2 Å². The molecule has 0 radical (unpaired) electrons. The van der Waals surface area contributed by atoms with Gasteiger partial charge < -0.3 is 5.32 Å². The maximum Gasteiger partial charge on any atom is 0.247 e. The zero-order valence-corrected chi connectivity index (χ0v) is 20.6. The van der Waals surface area contributed by atoms with Crippen LogP contribution < -0.4 is 5.32 Å². The van der Waals surface area contributed by atoms with Crippen LogP contribution in [0.1, 0.15) is 34.7 Å². The molecule has 0 spiro atoms. The summed E-state index contributed by atoms with van der Waals surface area (Å²) in [5, 5.41) is 2.81. The molecule has 0 unspecified atom stereocenters. The number of nitrogens with zero attached hydrogens (tertiary/aromatic N) is 1. The fourth-order valence-electron chi connectivity index (χ4n) is 6.07. The van der Waals surface area contributed by atoms with Crippen molar-refractivity contribution in [3.05, 3.63) is 101 Å². The second-order valence-electron chi connectivity index (χ2n) is 9.55. The first kappa shape index (κ1) is 22.3. The number of benzene rings is 3. The van der Waals surface area contributed by atoms with Gasteiger partial charge in [0, 0.05) is 5.69 Å². The van der Waals surface area contributed by atoms with Gasteiger partial charge in [0.05, 0.1) is 11.8 Å². The Morgan fingerprint density at radius 1 is 0.800 bits per heavy atom. The van der Waals surface area contributed by atoms with E-state index >= 15 is 0 Å². The van der Waals surface area contributed by atoms with Gasteiger partial charge in [-0.25, -0.2) is 0 Å². The van der Waals surface area contributed by atoms with Crippen molar-refractivity contribution in [1.82, 2.24) is 4.90 Å². The second kappa shape index (κ2) is 7.42. The monoisotopic (exact) mass is 504 g/mol. The summed E-state index contributed by atoms with van der Waals surface area (Å²) < 4.78 is 0. The molecule has 1 aliphatic heterocycles. The molecule has 0 saturated carbocycles. The lowest BCUT2D eigenvalue weighted by molar-refractivity contribution is -0.146. The zero-order chi connectivity index (χ0) is 24.7. The fourth-order valence-corrected chi connectivity index (χ4v) is 7.17. The summed E-state index contributed by atoms with van der Waals surface area (Å²) in [6.45, 7) is 3.51. The van der Waals surface area contributed by atoms with E-state index in [0.717, 1.165) is 32.7 Å². The predicted octanol–water partition coefficient (Wildman–Crippen LogP) is 4.92. The molecule has 0 aromatic heterocycles. The van der Waals surface area contributed by atoms with Crippen molar-refractivity contribution in [2.75, 3.05) is 5.32 Å². The third-order valence-corrected chi connectivity index (χ3v) is 8.99.